The summed E-state index contributed by atoms with van der Waals surface area (Å²) in [7, 11) is 0. The normalized spacial score (nSPS) is 29.8. The molecule has 0 unspecified atom stereocenters. The van der Waals surface area contributed by atoms with Crippen LogP contribution in [-0.2, 0) is 19.9 Å². The van der Waals surface area contributed by atoms with Gasteiger partial charge >= 0.3 is 0 Å². The van der Waals surface area contributed by atoms with Gasteiger partial charge in [-0.25, -0.2) is 4.90 Å². The molecule has 4 heterocycles. The van der Waals surface area contributed by atoms with E-state index in [1.165, 1.54) is 6.07 Å². The lowest BCUT2D eigenvalue weighted by atomic mass is 9.75. The number of anilines is 2. The Hall–Kier alpha value is -3.59. The smallest absolute Gasteiger partial charge is 0.274 e. The van der Waals surface area contributed by atoms with Crippen LogP contribution in [0.2, 0.25) is 0 Å². The van der Waals surface area contributed by atoms with E-state index in [-0.39, 0.29) is 29.2 Å². The van der Waals surface area contributed by atoms with Gasteiger partial charge in [-0.3, -0.25) is 29.4 Å². The van der Waals surface area contributed by atoms with Gasteiger partial charge in [0.2, 0.25) is 11.8 Å². The molecule has 2 aromatic rings. The summed E-state index contributed by atoms with van der Waals surface area (Å²) < 4.78 is 0. The number of rotatable bonds is 3. The Labute approximate surface area is 196 Å². The number of hydrogen-bond donors (Lipinski definition) is 0. The fraction of sp³-hybridized carbons (Fsp3) is 0.400. The Balaban J connectivity index is 1.54. The first-order valence-electron chi connectivity index (χ1n) is 11.6. The number of hydrogen-bond acceptors (Lipinski definition) is 6. The highest BCUT2D eigenvalue weighted by molar-refractivity contribution is 6.26. The van der Waals surface area contributed by atoms with Crippen molar-refractivity contribution in [1.29, 1.82) is 0 Å². The molecule has 0 aromatic heterocycles. The molecule has 34 heavy (non-hydrogen) atoms. The second-order valence-corrected chi connectivity index (χ2v) is 9.48. The standard InChI is InChI=1S/C25H24N4O5/c1-3-26-17-8-5-4-7-16(17)25(24(26)32)21-20(18-9-6-12-27(18)25)22(30)28(23(21)31)15-11-10-14(2)19(13-15)29(33)34/h4-5,7-8,10-11,13,18,20-21H,3,6,9,12H2,1-2H3/t18-,20+,21+,25+/m1/s1. The van der Waals surface area contributed by atoms with Crippen molar-refractivity contribution in [2.45, 2.75) is 38.3 Å². The zero-order chi connectivity index (χ0) is 23.9. The molecule has 0 radical (unpaired) electrons. The van der Waals surface area contributed by atoms with Gasteiger partial charge in [0.05, 0.1) is 22.4 Å². The molecule has 3 amide bonds. The van der Waals surface area contributed by atoms with Gasteiger partial charge in [-0.05, 0) is 45.4 Å². The number of amides is 3. The number of carbonyl (C=O) groups excluding carboxylic acids is 3. The highest BCUT2D eigenvalue weighted by atomic mass is 16.6. The van der Waals surface area contributed by atoms with E-state index in [4.69, 9.17) is 0 Å². The second kappa shape index (κ2) is 6.96. The Morgan fingerprint density at radius 2 is 1.88 bits per heavy atom. The van der Waals surface area contributed by atoms with Crippen molar-refractivity contribution in [1.82, 2.24) is 4.90 Å². The van der Waals surface area contributed by atoms with Crippen LogP contribution in [-0.4, -0.2) is 46.7 Å². The molecule has 0 saturated carbocycles. The van der Waals surface area contributed by atoms with E-state index < -0.39 is 28.2 Å². The number of nitro groups is 1. The topological polar surface area (TPSA) is 104 Å². The molecule has 9 nitrogen and oxygen atoms in total. The lowest BCUT2D eigenvalue weighted by Gasteiger charge is -2.37. The highest BCUT2D eigenvalue weighted by Gasteiger charge is 2.75. The van der Waals surface area contributed by atoms with Crippen LogP contribution in [0.1, 0.15) is 30.9 Å². The van der Waals surface area contributed by atoms with Gasteiger partial charge in [-0.2, -0.15) is 0 Å². The fourth-order valence-corrected chi connectivity index (χ4v) is 6.84. The summed E-state index contributed by atoms with van der Waals surface area (Å²) in [4.78, 5) is 57.8. The van der Waals surface area contributed by atoms with Crippen LogP contribution in [0.5, 0.6) is 0 Å². The first-order chi connectivity index (χ1) is 16.3. The van der Waals surface area contributed by atoms with Crippen molar-refractivity contribution in [3.05, 3.63) is 63.7 Å². The zero-order valence-electron chi connectivity index (χ0n) is 18.9. The number of likely N-dealkylation sites (N-methyl/N-ethyl adjacent to an activating group) is 1. The average Bonchev–Trinajstić information content (AvgIpc) is 3.52. The number of benzene rings is 2. The van der Waals surface area contributed by atoms with Crippen LogP contribution >= 0.6 is 0 Å². The first-order valence-corrected chi connectivity index (χ1v) is 11.6. The SMILES string of the molecule is CCN1C(=O)[C@]2(c3ccccc31)[C@@H]1C(=O)N(c3ccc(C)c([N+](=O)[O-])c3)C(=O)[C@H]1[C@H]1CCCN12. The van der Waals surface area contributed by atoms with E-state index in [1.54, 1.807) is 24.0 Å². The molecule has 2 aromatic carbocycles. The predicted octanol–water partition coefficient (Wildman–Crippen LogP) is 2.75. The average molecular weight is 460 g/mol. The molecule has 4 aliphatic rings. The Bertz CT molecular complexity index is 1290. The highest BCUT2D eigenvalue weighted by Crippen LogP contribution is 2.61. The molecule has 6 rings (SSSR count). The zero-order valence-corrected chi connectivity index (χ0v) is 18.9. The van der Waals surface area contributed by atoms with Crippen molar-refractivity contribution < 1.29 is 19.3 Å². The first kappa shape index (κ1) is 21.0. The summed E-state index contributed by atoms with van der Waals surface area (Å²) in [6.07, 6.45) is 1.57. The summed E-state index contributed by atoms with van der Waals surface area (Å²) in [5.41, 5.74) is 0.825. The summed E-state index contributed by atoms with van der Waals surface area (Å²) in [5, 5.41) is 11.5. The van der Waals surface area contributed by atoms with Crippen LogP contribution in [0.4, 0.5) is 17.1 Å². The van der Waals surface area contributed by atoms with E-state index in [1.807, 2.05) is 31.2 Å². The second-order valence-electron chi connectivity index (χ2n) is 9.48. The van der Waals surface area contributed by atoms with Crippen LogP contribution in [0.15, 0.2) is 42.5 Å². The van der Waals surface area contributed by atoms with Crippen molar-refractivity contribution in [3.63, 3.8) is 0 Å². The maximum atomic E-state index is 14.1. The minimum atomic E-state index is -1.23. The minimum Gasteiger partial charge on any atom is -0.310 e. The predicted molar refractivity (Wildman–Crippen MR) is 123 cm³/mol. The van der Waals surface area contributed by atoms with Crippen LogP contribution < -0.4 is 9.80 Å². The quantitative estimate of drug-likeness (QED) is 0.396. The summed E-state index contributed by atoms with van der Waals surface area (Å²) in [6, 6.07) is 11.7. The van der Waals surface area contributed by atoms with Gasteiger partial charge in [-0.15, -0.1) is 0 Å². The van der Waals surface area contributed by atoms with Gasteiger partial charge in [-0.1, -0.05) is 24.3 Å². The third kappa shape index (κ3) is 2.30. The molecule has 174 valence electrons. The van der Waals surface area contributed by atoms with Gasteiger partial charge in [0.1, 0.15) is 5.54 Å². The van der Waals surface area contributed by atoms with Crippen molar-refractivity contribution in [2.24, 2.45) is 11.8 Å². The summed E-state index contributed by atoms with van der Waals surface area (Å²) >= 11 is 0. The Morgan fingerprint density at radius 3 is 2.62 bits per heavy atom. The van der Waals surface area contributed by atoms with E-state index in [0.717, 1.165) is 29.0 Å². The molecule has 0 N–H and O–H groups in total. The van der Waals surface area contributed by atoms with E-state index in [0.29, 0.717) is 18.7 Å². The van der Waals surface area contributed by atoms with Crippen molar-refractivity contribution in [3.8, 4) is 0 Å². The lowest BCUT2D eigenvalue weighted by Crippen LogP contribution is -2.56. The molecule has 9 heteroatoms. The van der Waals surface area contributed by atoms with Gasteiger partial charge in [0.15, 0.2) is 0 Å². The van der Waals surface area contributed by atoms with Crippen molar-refractivity contribution >= 4 is 34.8 Å². The molecule has 4 aliphatic heterocycles. The minimum absolute atomic E-state index is 0.146. The summed E-state index contributed by atoms with van der Waals surface area (Å²) in [6.45, 7) is 4.62. The van der Waals surface area contributed by atoms with Crippen molar-refractivity contribution in [2.75, 3.05) is 22.9 Å². The molecular formula is C25H24N4O5. The maximum Gasteiger partial charge on any atom is 0.274 e. The Kier molecular flexibility index (Phi) is 4.29. The van der Waals surface area contributed by atoms with Crippen LogP contribution in [0.25, 0.3) is 0 Å². The number of fused-ring (bicyclic) bond motifs is 7. The number of para-hydroxylation sites is 1. The third-order valence-electron chi connectivity index (χ3n) is 8.11. The van der Waals surface area contributed by atoms with E-state index >= 15 is 0 Å². The monoisotopic (exact) mass is 460 g/mol. The van der Waals surface area contributed by atoms with E-state index in [2.05, 4.69) is 4.90 Å². The lowest BCUT2D eigenvalue weighted by molar-refractivity contribution is -0.385. The number of imide groups is 1. The number of nitro benzene ring substituents is 1. The number of carbonyl (C=O) groups is 3. The molecule has 3 saturated heterocycles. The molecule has 0 bridgehead atoms. The largest absolute Gasteiger partial charge is 0.310 e. The van der Waals surface area contributed by atoms with Gasteiger partial charge in [0.25, 0.3) is 11.6 Å². The fourth-order valence-electron chi connectivity index (χ4n) is 6.84. The van der Waals surface area contributed by atoms with Gasteiger partial charge < -0.3 is 4.90 Å². The molecule has 3 fully saturated rings. The third-order valence-corrected chi connectivity index (χ3v) is 8.11. The van der Waals surface area contributed by atoms with Crippen LogP contribution in [0, 0.1) is 28.9 Å². The molecular weight excluding hydrogens is 436 g/mol. The Morgan fingerprint density at radius 1 is 1.12 bits per heavy atom. The summed E-state index contributed by atoms with van der Waals surface area (Å²) in [5.74, 6) is -2.51. The number of nitrogens with zero attached hydrogens (tertiary/aromatic N) is 4. The van der Waals surface area contributed by atoms with Gasteiger partial charge in [0, 0.05) is 35.5 Å². The molecule has 0 aliphatic carbocycles. The maximum absolute atomic E-state index is 14.1. The number of aryl methyl sites for hydroxylation is 1. The van der Waals surface area contributed by atoms with Crippen LogP contribution in [0.3, 0.4) is 0 Å². The molecule has 4 atom stereocenters. The molecule has 1 spiro atoms. The van der Waals surface area contributed by atoms with E-state index in [9.17, 15) is 24.5 Å².